The van der Waals surface area contributed by atoms with Crippen LogP contribution in [0.1, 0.15) is 49.9 Å². The van der Waals surface area contributed by atoms with Gasteiger partial charge in [-0.05, 0) is 31.5 Å². The number of rotatable bonds is 5. The van der Waals surface area contributed by atoms with Crippen LogP contribution in [-0.4, -0.2) is 30.4 Å². The fourth-order valence-corrected chi connectivity index (χ4v) is 4.10. The molecular formula is C23H28N2O3. The van der Waals surface area contributed by atoms with Gasteiger partial charge in [0.15, 0.2) is 0 Å². The third kappa shape index (κ3) is 4.42. The number of oxime groups is 1. The SMILES string of the molecule is CCOC(=O)O/N=C1\CC(c2ccccc2)N(C)C(c2ccccc2)C1CC. The Hall–Kier alpha value is -2.66. The van der Waals surface area contributed by atoms with Crippen LogP contribution < -0.4 is 0 Å². The van der Waals surface area contributed by atoms with Gasteiger partial charge in [-0.1, -0.05) is 72.7 Å². The Bertz CT molecular complexity index is 792. The molecule has 5 heteroatoms. The number of carbonyl (C=O) groups is 1. The second-order valence-electron chi connectivity index (χ2n) is 7.02. The molecule has 3 rings (SSSR count). The van der Waals surface area contributed by atoms with E-state index in [1.54, 1.807) is 6.92 Å². The van der Waals surface area contributed by atoms with E-state index in [4.69, 9.17) is 9.57 Å². The Morgan fingerprint density at radius 1 is 1.04 bits per heavy atom. The zero-order valence-corrected chi connectivity index (χ0v) is 16.7. The van der Waals surface area contributed by atoms with Crippen LogP contribution in [0.3, 0.4) is 0 Å². The molecule has 0 spiro atoms. The molecule has 3 atom stereocenters. The molecule has 3 unspecified atom stereocenters. The van der Waals surface area contributed by atoms with Crippen molar-refractivity contribution in [3.05, 3.63) is 71.8 Å². The van der Waals surface area contributed by atoms with Gasteiger partial charge in [-0.15, -0.1) is 0 Å². The minimum Gasteiger partial charge on any atom is -0.433 e. The third-order valence-electron chi connectivity index (χ3n) is 5.41. The first-order valence-electron chi connectivity index (χ1n) is 9.88. The zero-order chi connectivity index (χ0) is 19.9. The van der Waals surface area contributed by atoms with Crippen LogP contribution in [-0.2, 0) is 9.57 Å². The summed E-state index contributed by atoms with van der Waals surface area (Å²) in [6.45, 7) is 4.16. The lowest BCUT2D eigenvalue weighted by atomic mass is 9.77. The number of hydrogen-bond donors (Lipinski definition) is 0. The predicted octanol–water partition coefficient (Wildman–Crippen LogP) is 5.36. The largest absolute Gasteiger partial charge is 0.535 e. The number of hydrogen-bond acceptors (Lipinski definition) is 5. The molecule has 5 nitrogen and oxygen atoms in total. The molecular weight excluding hydrogens is 352 g/mol. The molecule has 1 fully saturated rings. The van der Waals surface area contributed by atoms with Gasteiger partial charge < -0.3 is 4.74 Å². The quantitative estimate of drug-likeness (QED) is 0.398. The van der Waals surface area contributed by atoms with Crippen molar-refractivity contribution in [3.8, 4) is 0 Å². The average molecular weight is 380 g/mol. The summed E-state index contributed by atoms with van der Waals surface area (Å²) in [5, 5.41) is 4.26. The monoisotopic (exact) mass is 380 g/mol. The standard InChI is InChI=1S/C23H28N2O3/c1-4-19-20(24-28-23(26)27-5-2)16-21(17-12-8-6-9-13-17)25(3)22(19)18-14-10-7-11-15-18/h6-15,19,21-22H,4-5,16H2,1-3H3/b24-20+. The van der Waals surface area contributed by atoms with E-state index < -0.39 is 6.16 Å². The summed E-state index contributed by atoms with van der Waals surface area (Å²) < 4.78 is 4.87. The van der Waals surface area contributed by atoms with Gasteiger partial charge in [-0.2, -0.15) is 0 Å². The predicted molar refractivity (Wildman–Crippen MR) is 110 cm³/mol. The van der Waals surface area contributed by atoms with Crippen LogP contribution in [0.2, 0.25) is 0 Å². The highest BCUT2D eigenvalue weighted by atomic mass is 16.8. The highest BCUT2D eigenvalue weighted by molar-refractivity contribution is 5.89. The maximum Gasteiger partial charge on any atom is 0.535 e. The normalized spacial score (nSPS) is 24.1. The summed E-state index contributed by atoms with van der Waals surface area (Å²) in [5.41, 5.74) is 3.36. The topological polar surface area (TPSA) is 51.1 Å². The van der Waals surface area contributed by atoms with Gasteiger partial charge in [0.25, 0.3) is 0 Å². The first-order chi connectivity index (χ1) is 13.7. The Morgan fingerprint density at radius 3 is 2.21 bits per heavy atom. The summed E-state index contributed by atoms with van der Waals surface area (Å²) in [6, 6.07) is 21.2. The summed E-state index contributed by atoms with van der Waals surface area (Å²) in [4.78, 5) is 19.2. The van der Waals surface area contributed by atoms with Crippen molar-refractivity contribution in [1.82, 2.24) is 4.90 Å². The summed E-state index contributed by atoms with van der Waals surface area (Å²) >= 11 is 0. The summed E-state index contributed by atoms with van der Waals surface area (Å²) in [6.07, 6.45) is 0.856. The highest BCUT2D eigenvalue weighted by Crippen LogP contribution is 2.43. The van der Waals surface area contributed by atoms with Crippen LogP contribution in [0.15, 0.2) is 65.8 Å². The van der Waals surface area contributed by atoms with E-state index >= 15 is 0 Å². The van der Waals surface area contributed by atoms with Crippen molar-refractivity contribution in [2.75, 3.05) is 13.7 Å². The minimum atomic E-state index is -0.753. The highest BCUT2D eigenvalue weighted by Gasteiger charge is 2.40. The molecule has 0 radical (unpaired) electrons. The Kier molecular flexibility index (Phi) is 6.82. The number of likely N-dealkylation sites (tertiary alicyclic amines) is 1. The lowest BCUT2D eigenvalue weighted by Crippen LogP contribution is -2.43. The number of ether oxygens (including phenoxy) is 1. The first kappa shape index (κ1) is 20.1. The second kappa shape index (κ2) is 9.51. The van der Waals surface area contributed by atoms with Gasteiger partial charge in [0, 0.05) is 24.4 Å². The molecule has 2 aromatic carbocycles. The van der Waals surface area contributed by atoms with Crippen molar-refractivity contribution in [2.45, 2.75) is 38.8 Å². The fraction of sp³-hybridized carbons (Fsp3) is 0.391. The average Bonchev–Trinajstić information content (AvgIpc) is 2.73. The van der Waals surface area contributed by atoms with E-state index in [0.29, 0.717) is 6.42 Å². The van der Waals surface area contributed by atoms with Crippen LogP contribution in [0.4, 0.5) is 4.79 Å². The number of piperidine rings is 1. The second-order valence-corrected chi connectivity index (χ2v) is 7.02. The maximum atomic E-state index is 11.7. The minimum absolute atomic E-state index is 0.148. The van der Waals surface area contributed by atoms with Gasteiger partial charge in [0.2, 0.25) is 0 Å². The van der Waals surface area contributed by atoms with Crippen LogP contribution in [0, 0.1) is 5.92 Å². The molecule has 1 heterocycles. The van der Waals surface area contributed by atoms with Crippen molar-refractivity contribution in [1.29, 1.82) is 0 Å². The molecule has 28 heavy (non-hydrogen) atoms. The maximum absolute atomic E-state index is 11.7. The fourth-order valence-electron chi connectivity index (χ4n) is 4.10. The zero-order valence-electron chi connectivity index (χ0n) is 16.7. The first-order valence-corrected chi connectivity index (χ1v) is 9.88. The summed E-state index contributed by atoms with van der Waals surface area (Å²) in [7, 11) is 2.17. The van der Waals surface area contributed by atoms with Gasteiger partial charge in [0.05, 0.1) is 12.3 Å². The molecule has 148 valence electrons. The van der Waals surface area contributed by atoms with Crippen molar-refractivity contribution in [3.63, 3.8) is 0 Å². The lowest BCUT2D eigenvalue weighted by Gasteiger charge is -2.45. The van der Waals surface area contributed by atoms with Gasteiger partial charge in [-0.25, -0.2) is 4.79 Å². The number of benzene rings is 2. The van der Waals surface area contributed by atoms with E-state index in [0.717, 1.165) is 12.1 Å². The molecule has 2 aromatic rings. The van der Waals surface area contributed by atoms with Gasteiger partial charge in [0.1, 0.15) is 0 Å². The molecule has 0 bridgehead atoms. The van der Waals surface area contributed by atoms with E-state index in [2.05, 4.69) is 72.6 Å². The Balaban J connectivity index is 1.99. The van der Waals surface area contributed by atoms with Gasteiger partial charge >= 0.3 is 6.16 Å². The van der Waals surface area contributed by atoms with Crippen LogP contribution in [0.25, 0.3) is 0 Å². The molecule has 1 aliphatic heterocycles. The van der Waals surface area contributed by atoms with Crippen molar-refractivity contribution < 1.29 is 14.4 Å². The Morgan fingerprint density at radius 2 is 1.64 bits per heavy atom. The molecule has 0 saturated carbocycles. The lowest BCUT2D eigenvalue weighted by molar-refractivity contribution is 0.0576. The van der Waals surface area contributed by atoms with Gasteiger partial charge in [-0.3, -0.25) is 9.74 Å². The number of carbonyl (C=O) groups excluding carboxylic acids is 1. The Labute approximate surface area is 166 Å². The molecule has 0 N–H and O–H groups in total. The third-order valence-corrected chi connectivity index (χ3v) is 5.41. The smallest absolute Gasteiger partial charge is 0.433 e. The molecule has 1 aliphatic rings. The van der Waals surface area contributed by atoms with E-state index in [9.17, 15) is 4.79 Å². The number of nitrogens with zero attached hydrogens (tertiary/aromatic N) is 2. The van der Waals surface area contributed by atoms with E-state index in [1.165, 1.54) is 11.1 Å². The molecule has 0 aromatic heterocycles. The van der Waals surface area contributed by atoms with Crippen LogP contribution in [0.5, 0.6) is 0 Å². The van der Waals surface area contributed by atoms with E-state index in [-0.39, 0.29) is 24.6 Å². The van der Waals surface area contributed by atoms with Crippen molar-refractivity contribution >= 4 is 11.9 Å². The molecule has 1 saturated heterocycles. The van der Waals surface area contributed by atoms with Crippen molar-refractivity contribution in [2.24, 2.45) is 11.1 Å². The van der Waals surface area contributed by atoms with E-state index in [1.807, 2.05) is 12.1 Å². The molecule has 0 aliphatic carbocycles. The molecule has 0 amide bonds. The summed E-state index contributed by atoms with van der Waals surface area (Å²) in [5.74, 6) is 0.154. The van der Waals surface area contributed by atoms with Crippen LogP contribution >= 0.6 is 0 Å².